The number of benzene rings is 2. The van der Waals surface area contributed by atoms with Gasteiger partial charge in [0.15, 0.2) is 0 Å². The molecule has 1 unspecified atom stereocenters. The average Bonchev–Trinajstić information content (AvgIpc) is 3.23. The number of rotatable bonds is 4. The van der Waals surface area contributed by atoms with Gasteiger partial charge in [-0.15, -0.1) is 0 Å². The third kappa shape index (κ3) is 2.95. The van der Waals surface area contributed by atoms with Crippen LogP contribution in [0.15, 0.2) is 42.5 Å². The molecular formula is C21H19Cl2N3O2. The lowest BCUT2D eigenvalue weighted by Crippen LogP contribution is -2.35. The zero-order chi connectivity index (χ0) is 20.0. The Hall–Kier alpha value is -2.50. The van der Waals surface area contributed by atoms with E-state index in [-0.39, 0.29) is 18.0 Å². The number of carbonyl (C=O) groups is 1. The van der Waals surface area contributed by atoms with Crippen molar-refractivity contribution in [2.24, 2.45) is 0 Å². The van der Waals surface area contributed by atoms with Crippen molar-refractivity contribution in [1.29, 1.82) is 0 Å². The van der Waals surface area contributed by atoms with E-state index < -0.39 is 0 Å². The van der Waals surface area contributed by atoms with Gasteiger partial charge in [-0.2, -0.15) is 5.10 Å². The summed E-state index contributed by atoms with van der Waals surface area (Å²) in [5, 5.41) is 8.33. The summed E-state index contributed by atoms with van der Waals surface area (Å²) in [6.45, 7) is 3.99. The maximum absolute atomic E-state index is 13.1. The van der Waals surface area contributed by atoms with Gasteiger partial charge in [-0.1, -0.05) is 29.3 Å². The Kier molecular flexibility index (Phi) is 4.81. The van der Waals surface area contributed by atoms with Crippen molar-refractivity contribution >= 4 is 29.1 Å². The molecule has 2 heterocycles. The summed E-state index contributed by atoms with van der Waals surface area (Å²) in [7, 11) is 1.63. The van der Waals surface area contributed by atoms with Gasteiger partial charge in [-0.25, -0.2) is 0 Å². The molecule has 0 bridgehead atoms. The number of ether oxygens (including phenoxy) is 1. The second kappa shape index (κ2) is 7.15. The van der Waals surface area contributed by atoms with Crippen molar-refractivity contribution in [3.05, 3.63) is 69.3 Å². The summed E-state index contributed by atoms with van der Waals surface area (Å²) in [5.74, 6) is 0.685. The third-order valence-electron chi connectivity index (χ3n) is 4.98. The van der Waals surface area contributed by atoms with Crippen molar-refractivity contribution in [3.63, 3.8) is 0 Å². The highest BCUT2D eigenvalue weighted by atomic mass is 35.5. The van der Waals surface area contributed by atoms with E-state index in [1.54, 1.807) is 13.2 Å². The fraction of sp³-hybridized carbons (Fsp3) is 0.238. The van der Waals surface area contributed by atoms with Gasteiger partial charge in [0, 0.05) is 17.2 Å². The fourth-order valence-electron chi connectivity index (χ4n) is 3.68. The van der Waals surface area contributed by atoms with E-state index in [9.17, 15) is 4.79 Å². The number of aromatic amines is 1. The highest BCUT2D eigenvalue weighted by Gasteiger charge is 2.43. The molecule has 7 heteroatoms. The first-order valence-electron chi connectivity index (χ1n) is 8.92. The molecule has 1 aromatic heterocycles. The Morgan fingerprint density at radius 1 is 1.11 bits per heavy atom. The molecule has 0 fully saturated rings. The molecule has 1 amide bonds. The Labute approximate surface area is 173 Å². The van der Waals surface area contributed by atoms with Gasteiger partial charge in [0.2, 0.25) is 0 Å². The van der Waals surface area contributed by atoms with Crippen LogP contribution in [0.3, 0.4) is 0 Å². The SMILES string of the molecule is COc1ccc(-c2n[nH]c3c2C(c2ccc(Cl)c(Cl)c2)N(C(C)C)C3=O)cc1. The number of aromatic nitrogens is 2. The van der Waals surface area contributed by atoms with Gasteiger partial charge in [0.25, 0.3) is 5.91 Å². The van der Waals surface area contributed by atoms with Crippen LogP contribution in [0.1, 0.15) is 41.5 Å². The van der Waals surface area contributed by atoms with Gasteiger partial charge in [-0.3, -0.25) is 9.89 Å². The van der Waals surface area contributed by atoms with E-state index in [1.807, 2.05) is 55.1 Å². The van der Waals surface area contributed by atoms with Crippen LogP contribution in [0.2, 0.25) is 10.0 Å². The smallest absolute Gasteiger partial charge is 0.273 e. The average molecular weight is 416 g/mol. The molecule has 0 aliphatic carbocycles. The van der Waals surface area contributed by atoms with Crippen LogP contribution in [0.5, 0.6) is 5.75 Å². The minimum atomic E-state index is -0.298. The van der Waals surface area contributed by atoms with Crippen LogP contribution in [-0.4, -0.2) is 34.2 Å². The summed E-state index contributed by atoms with van der Waals surface area (Å²) >= 11 is 12.4. The summed E-state index contributed by atoms with van der Waals surface area (Å²) in [4.78, 5) is 14.9. The van der Waals surface area contributed by atoms with E-state index in [0.29, 0.717) is 15.7 Å². The van der Waals surface area contributed by atoms with Crippen molar-refractivity contribution in [2.45, 2.75) is 25.9 Å². The minimum Gasteiger partial charge on any atom is -0.497 e. The normalized spacial score (nSPS) is 16.0. The Morgan fingerprint density at radius 3 is 2.43 bits per heavy atom. The molecular weight excluding hydrogens is 397 g/mol. The van der Waals surface area contributed by atoms with Crippen molar-refractivity contribution in [1.82, 2.24) is 15.1 Å². The quantitative estimate of drug-likeness (QED) is 0.624. The first-order valence-corrected chi connectivity index (χ1v) is 9.68. The van der Waals surface area contributed by atoms with Crippen LogP contribution in [-0.2, 0) is 0 Å². The largest absolute Gasteiger partial charge is 0.497 e. The number of H-pyrrole nitrogens is 1. The molecule has 3 aromatic rings. The van der Waals surface area contributed by atoms with Crippen LogP contribution < -0.4 is 4.74 Å². The third-order valence-corrected chi connectivity index (χ3v) is 5.72. The zero-order valence-electron chi connectivity index (χ0n) is 15.7. The molecule has 0 saturated heterocycles. The lowest BCUT2D eigenvalue weighted by atomic mass is 9.95. The molecule has 0 saturated carbocycles. The topological polar surface area (TPSA) is 58.2 Å². The van der Waals surface area contributed by atoms with Crippen LogP contribution in [0.4, 0.5) is 0 Å². The number of fused-ring (bicyclic) bond motifs is 1. The number of hydrogen-bond acceptors (Lipinski definition) is 3. The molecule has 0 radical (unpaired) electrons. The molecule has 4 rings (SSSR count). The van der Waals surface area contributed by atoms with Gasteiger partial charge >= 0.3 is 0 Å². The van der Waals surface area contributed by atoms with E-state index >= 15 is 0 Å². The van der Waals surface area contributed by atoms with Crippen LogP contribution >= 0.6 is 23.2 Å². The second-order valence-corrected chi connectivity index (χ2v) is 7.79. The maximum atomic E-state index is 13.1. The fourth-order valence-corrected chi connectivity index (χ4v) is 3.98. The molecule has 1 N–H and O–H groups in total. The van der Waals surface area contributed by atoms with Crippen molar-refractivity contribution < 1.29 is 9.53 Å². The van der Waals surface area contributed by atoms with Crippen LogP contribution in [0, 0.1) is 0 Å². The molecule has 1 aliphatic rings. The number of hydrogen-bond donors (Lipinski definition) is 1. The highest BCUT2D eigenvalue weighted by molar-refractivity contribution is 6.42. The van der Waals surface area contributed by atoms with Gasteiger partial charge < -0.3 is 9.64 Å². The zero-order valence-corrected chi connectivity index (χ0v) is 17.2. The Balaban J connectivity index is 1.89. The predicted molar refractivity (Wildman–Crippen MR) is 110 cm³/mol. The van der Waals surface area contributed by atoms with Gasteiger partial charge in [-0.05, 0) is 55.8 Å². The van der Waals surface area contributed by atoms with E-state index in [0.717, 1.165) is 28.1 Å². The Morgan fingerprint density at radius 2 is 1.82 bits per heavy atom. The molecule has 144 valence electrons. The molecule has 2 aromatic carbocycles. The molecule has 0 spiro atoms. The highest BCUT2D eigenvalue weighted by Crippen LogP contribution is 2.44. The van der Waals surface area contributed by atoms with Gasteiger partial charge in [0.1, 0.15) is 11.4 Å². The standard InChI is InChI=1S/C21H19Cl2N3O2/c1-11(2)26-20(13-6-9-15(22)16(23)10-13)17-18(24-25-19(17)21(26)27)12-4-7-14(28-3)8-5-12/h4-11,20H,1-3H3,(H,24,25). The summed E-state index contributed by atoms with van der Waals surface area (Å²) in [5.41, 5.74) is 3.90. The maximum Gasteiger partial charge on any atom is 0.273 e. The van der Waals surface area contributed by atoms with Gasteiger partial charge in [0.05, 0.1) is 28.9 Å². The summed E-state index contributed by atoms with van der Waals surface area (Å²) < 4.78 is 5.24. The van der Waals surface area contributed by atoms with Crippen molar-refractivity contribution in [2.75, 3.05) is 7.11 Å². The molecule has 1 atom stereocenters. The summed E-state index contributed by atoms with van der Waals surface area (Å²) in [6.07, 6.45) is 0. The number of amides is 1. The lowest BCUT2D eigenvalue weighted by molar-refractivity contribution is 0.0688. The number of methoxy groups -OCH3 is 1. The molecule has 5 nitrogen and oxygen atoms in total. The number of nitrogens with zero attached hydrogens (tertiary/aromatic N) is 2. The van der Waals surface area contributed by atoms with Crippen molar-refractivity contribution in [3.8, 4) is 17.0 Å². The first kappa shape index (κ1) is 18.8. The minimum absolute atomic E-state index is 0.00327. The predicted octanol–water partition coefficient (Wildman–Crippen LogP) is 5.35. The summed E-state index contributed by atoms with van der Waals surface area (Å²) in [6, 6.07) is 12.8. The second-order valence-electron chi connectivity index (χ2n) is 6.97. The van der Waals surface area contributed by atoms with E-state index in [1.165, 1.54) is 0 Å². The number of nitrogens with one attached hydrogen (secondary N) is 1. The Bertz CT molecular complexity index is 1040. The molecule has 1 aliphatic heterocycles. The number of carbonyl (C=O) groups excluding carboxylic acids is 1. The first-order chi connectivity index (χ1) is 13.4. The van der Waals surface area contributed by atoms with E-state index in [2.05, 4.69) is 10.2 Å². The van der Waals surface area contributed by atoms with E-state index in [4.69, 9.17) is 27.9 Å². The molecule has 28 heavy (non-hydrogen) atoms. The monoisotopic (exact) mass is 415 g/mol. The van der Waals surface area contributed by atoms with Crippen LogP contribution in [0.25, 0.3) is 11.3 Å². The lowest BCUT2D eigenvalue weighted by Gasteiger charge is -2.30. The number of halogens is 2.